The van der Waals surface area contributed by atoms with E-state index in [9.17, 15) is 9.59 Å². The maximum atomic E-state index is 11.6. The topological polar surface area (TPSA) is 128 Å². The molecule has 2 aromatic heterocycles. The summed E-state index contributed by atoms with van der Waals surface area (Å²) in [5.41, 5.74) is 6.26. The van der Waals surface area contributed by atoms with Gasteiger partial charge in [0.25, 0.3) is 5.91 Å². The molecule has 0 bridgehead atoms. The van der Waals surface area contributed by atoms with Crippen LogP contribution in [0.1, 0.15) is 43.2 Å². The highest BCUT2D eigenvalue weighted by molar-refractivity contribution is 5.93. The fourth-order valence-corrected chi connectivity index (χ4v) is 3.68. The number of hydrogen-bond donors (Lipinski definition) is 3. The van der Waals surface area contributed by atoms with Crippen LogP contribution in [0.4, 0.5) is 0 Å². The van der Waals surface area contributed by atoms with Crippen LogP contribution >= 0.6 is 0 Å². The Morgan fingerprint density at radius 3 is 1.65 bits per heavy atom. The zero-order chi connectivity index (χ0) is 26.6. The van der Waals surface area contributed by atoms with Gasteiger partial charge in [0.2, 0.25) is 0 Å². The third kappa shape index (κ3) is 7.61. The maximum Gasteiger partial charge on any atom is 0.356 e. The maximum absolute atomic E-state index is 11.6. The average molecular weight is 499 g/mol. The second-order valence-corrected chi connectivity index (χ2v) is 8.14. The predicted octanol–water partition coefficient (Wildman–Crippen LogP) is 3.62. The molecule has 0 saturated heterocycles. The van der Waals surface area contributed by atoms with E-state index in [0.717, 1.165) is 16.7 Å². The van der Waals surface area contributed by atoms with Gasteiger partial charge in [-0.2, -0.15) is 10.2 Å². The van der Waals surface area contributed by atoms with E-state index >= 15 is 0 Å². The van der Waals surface area contributed by atoms with Crippen LogP contribution in [-0.2, 0) is 25.9 Å². The van der Waals surface area contributed by atoms with Crippen molar-refractivity contribution in [2.75, 3.05) is 0 Å². The largest absolute Gasteiger partial charge is 0.476 e. The van der Waals surface area contributed by atoms with E-state index in [1.165, 1.54) is 0 Å². The number of nitrogens with zero attached hydrogens (tertiary/aromatic N) is 4. The Morgan fingerprint density at radius 2 is 1.24 bits per heavy atom. The smallest absolute Gasteiger partial charge is 0.356 e. The Balaban J connectivity index is 0.000000206. The van der Waals surface area contributed by atoms with Crippen LogP contribution < -0.4 is 11.3 Å². The zero-order valence-corrected chi connectivity index (χ0v) is 20.5. The normalized spacial score (nSPS) is 10.2. The minimum absolute atomic E-state index is 0.103. The third-order valence-electron chi connectivity index (χ3n) is 5.33. The number of nitrogen functional groups attached to an aromatic ring is 1. The van der Waals surface area contributed by atoms with Crippen molar-refractivity contribution in [3.8, 4) is 0 Å². The van der Waals surface area contributed by atoms with E-state index in [2.05, 4.69) is 28.8 Å². The van der Waals surface area contributed by atoms with Crippen molar-refractivity contribution in [3.63, 3.8) is 0 Å². The van der Waals surface area contributed by atoms with Gasteiger partial charge in [-0.05, 0) is 24.0 Å². The first-order valence-electron chi connectivity index (χ1n) is 11.6. The number of allylic oxidation sites excluding steroid dienone is 2. The molecule has 9 nitrogen and oxygen atoms in total. The molecule has 0 aliphatic heterocycles. The molecule has 0 saturated carbocycles. The first-order chi connectivity index (χ1) is 17.9. The van der Waals surface area contributed by atoms with Crippen LogP contribution in [0.25, 0.3) is 0 Å². The number of carboxylic acids is 1. The van der Waals surface area contributed by atoms with Gasteiger partial charge in [-0.3, -0.25) is 19.6 Å². The summed E-state index contributed by atoms with van der Waals surface area (Å²) in [6.45, 7) is 8.48. The number of carbonyl (C=O) groups excluding carboxylic acids is 1. The SMILES string of the molecule is C=CCc1cn(Cc2ccccc2)nc1C(=O)NN.C=CCc1cn(Cc2ccccc2)nc1C(=O)O. The molecule has 0 radical (unpaired) electrons. The number of benzene rings is 2. The van der Waals surface area contributed by atoms with Gasteiger partial charge in [0, 0.05) is 23.5 Å². The molecule has 2 aromatic carbocycles. The highest BCUT2D eigenvalue weighted by atomic mass is 16.4. The lowest BCUT2D eigenvalue weighted by molar-refractivity contribution is 0.0688. The van der Waals surface area contributed by atoms with Gasteiger partial charge in [-0.15, -0.1) is 13.2 Å². The summed E-state index contributed by atoms with van der Waals surface area (Å²) in [5.74, 6) is 3.77. The number of carboxylic acid groups (broad SMARTS) is 1. The molecular weight excluding hydrogens is 468 g/mol. The lowest BCUT2D eigenvalue weighted by atomic mass is 10.2. The summed E-state index contributed by atoms with van der Waals surface area (Å²) in [6.07, 6.45) is 8.11. The van der Waals surface area contributed by atoms with E-state index in [1.54, 1.807) is 27.7 Å². The van der Waals surface area contributed by atoms with E-state index in [0.29, 0.717) is 37.2 Å². The van der Waals surface area contributed by atoms with Crippen molar-refractivity contribution in [3.05, 3.63) is 132 Å². The van der Waals surface area contributed by atoms with Crippen molar-refractivity contribution >= 4 is 11.9 Å². The Labute approximate surface area is 215 Å². The summed E-state index contributed by atoms with van der Waals surface area (Å²) in [5, 5.41) is 17.4. The molecule has 0 aliphatic rings. The third-order valence-corrected chi connectivity index (χ3v) is 5.33. The van der Waals surface area contributed by atoms with Gasteiger partial charge in [-0.25, -0.2) is 10.6 Å². The summed E-state index contributed by atoms with van der Waals surface area (Å²) >= 11 is 0. The highest BCUT2D eigenvalue weighted by Crippen LogP contribution is 2.12. The number of nitrogens with two attached hydrogens (primary N) is 1. The molecular formula is C28H30N6O3. The Kier molecular flexibility index (Phi) is 9.69. The van der Waals surface area contributed by atoms with Crippen molar-refractivity contribution in [1.82, 2.24) is 25.0 Å². The van der Waals surface area contributed by atoms with Crippen LogP contribution in [0.5, 0.6) is 0 Å². The number of aromatic carboxylic acids is 1. The van der Waals surface area contributed by atoms with E-state index in [4.69, 9.17) is 10.9 Å². The van der Waals surface area contributed by atoms with E-state index in [1.807, 2.05) is 66.9 Å². The number of rotatable bonds is 10. The molecule has 0 spiro atoms. The van der Waals surface area contributed by atoms with Gasteiger partial charge in [0.15, 0.2) is 11.4 Å². The minimum Gasteiger partial charge on any atom is -0.476 e. The van der Waals surface area contributed by atoms with Crippen molar-refractivity contribution in [2.24, 2.45) is 5.84 Å². The van der Waals surface area contributed by atoms with Crippen molar-refractivity contribution in [1.29, 1.82) is 0 Å². The van der Waals surface area contributed by atoms with Crippen LogP contribution in [0.15, 0.2) is 98.4 Å². The highest BCUT2D eigenvalue weighted by Gasteiger charge is 2.15. The van der Waals surface area contributed by atoms with Crippen LogP contribution in [-0.4, -0.2) is 36.5 Å². The molecule has 4 N–H and O–H groups in total. The molecule has 0 fully saturated rings. The number of hydrogen-bond acceptors (Lipinski definition) is 5. The molecule has 0 aliphatic carbocycles. The molecule has 190 valence electrons. The fraction of sp³-hybridized carbons (Fsp3) is 0.143. The van der Waals surface area contributed by atoms with Crippen LogP contribution in [0.3, 0.4) is 0 Å². The Bertz CT molecular complexity index is 1340. The van der Waals surface area contributed by atoms with Gasteiger partial charge in [-0.1, -0.05) is 72.8 Å². The molecule has 1 amide bonds. The number of nitrogens with one attached hydrogen (secondary N) is 1. The lowest BCUT2D eigenvalue weighted by Crippen LogP contribution is -2.31. The van der Waals surface area contributed by atoms with E-state index < -0.39 is 5.97 Å². The fourth-order valence-electron chi connectivity index (χ4n) is 3.68. The molecule has 2 heterocycles. The summed E-state index contributed by atoms with van der Waals surface area (Å²) in [4.78, 5) is 22.7. The van der Waals surface area contributed by atoms with Crippen molar-refractivity contribution in [2.45, 2.75) is 25.9 Å². The van der Waals surface area contributed by atoms with Crippen LogP contribution in [0.2, 0.25) is 0 Å². The monoisotopic (exact) mass is 498 g/mol. The lowest BCUT2D eigenvalue weighted by Gasteiger charge is -2.00. The Morgan fingerprint density at radius 1 is 0.811 bits per heavy atom. The van der Waals surface area contributed by atoms with Gasteiger partial charge < -0.3 is 5.11 Å². The van der Waals surface area contributed by atoms with Crippen molar-refractivity contribution < 1.29 is 14.7 Å². The molecule has 37 heavy (non-hydrogen) atoms. The molecule has 9 heteroatoms. The molecule has 0 atom stereocenters. The van der Waals surface area contributed by atoms with Crippen LogP contribution in [0, 0.1) is 0 Å². The summed E-state index contributed by atoms with van der Waals surface area (Å²) in [6, 6.07) is 19.7. The number of aromatic nitrogens is 4. The molecule has 4 aromatic rings. The number of hydrazine groups is 1. The number of carbonyl (C=O) groups is 2. The summed E-state index contributed by atoms with van der Waals surface area (Å²) in [7, 11) is 0. The van der Waals surface area contributed by atoms with Gasteiger partial charge in [0.1, 0.15) is 0 Å². The summed E-state index contributed by atoms with van der Waals surface area (Å²) < 4.78 is 3.39. The zero-order valence-electron chi connectivity index (χ0n) is 20.5. The van der Waals surface area contributed by atoms with Gasteiger partial charge in [0.05, 0.1) is 13.1 Å². The van der Waals surface area contributed by atoms with E-state index in [-0.39, 0.29) is 11.6 Å². The molecule has 4 rings (SSSR count). The minimum atomic E-state index is -1.00. The quantitative estimate of drug-likeness (QED) is 0.133. The average Bonchev–Trinajstić information content (AvgIpc) is 3.49. The second kappa shape index (κ2) is 13.4. The Hall–Kier alpha value is -4.76. The second-order valence-electron chi connectivity index (χ2n) is 8.14. The first-order valence-corrected chi connectivity index (χ1v) is 11.6. The standard InChI is InChI=1S/C14H16N4O.C14H14N2O2/c1-2-6-12-10-18(17-13(12)14(19)16-15)9-11-7-4-3-5-8-11;1-2-6-12-10-16(15-13(12)14(17)18)9-11-7-4-3-5-8-11/h2-5,7-8,10H,1,6,9,15H2,(H,16,19);2-5,7-8,10H,1,6,9H2,(H,17,18). The van der Waals surface area contributed by atoms with Gasteiger partial charge >= 0.3 is 5.97 Å². The predicted molar refractivity (Wildman–Crippen MR) is 142 cm³/mol. The first kappa shape index (κ1) is 26.8. The number of amides is 1. The molecule has 0 unspecified atom stereocenters.